The third kappa shape index (κ3) is 29.0. The molecule has 0 aliphatic carbocycles. The topological polar surface area (TPSA) is 90.2 Å². The van der Waals surface area contributed by atoms with E-state index >= 15 is 0 Å². The summed E-state index contributed by atoms with van der Waals surface area (Å²) in [6.45, 7) is 3.85. The molecule has 5 nitrogen and oxygen atoms in total. The molecule has 0 rings (SSSR count). The molecular formula is C38H78O5. The lowest BCUT2D eigenvalue weighted by Crippen LogP contribution is -2.41. The lowest BCUT2D eigenvalue weighted by Gasteiger charge is -2.30. The smallest absolute Gasteiger partial charge is 0.103 e. The van der Waals surface area contributed by atoms with E-state index in [0.717, 1.165) is 25.7 Å². The molecule has 0 aliphatic heterocycles. The van der Waals surface area contributed by atoms with E-state index in [1.54, 1.807) is 0 Å². The molecule has 0 fully saturated rings. The van der Waals surface area contributed by atoms with Crippen molar-refractivity contribution < 1.29 is 25.2 Å². The largest absolute Gasteiger partial charge is 0.394 e. The van der Waals surface area contributed by atoms with Crippen LogP contribution in [-0.4, -0.2) is 58.1 Å². The lowest BCUT2D eigenvalue weighted by molar-refractivity contribution is -0.137. The van der Waals surface area contributed by atoms with Gasteiger partial charge in [-0.05, 0) is 12.8 Å². The van der Waals surface area contributed by atoms with Gasteiger partial charge in [0.25, 0.3) is 0 Å². The monoisotopic (exact) mass is 615 g/mol. The highest BCUT2D eigenvalue weighted by Crippen LogP contribution is 2.21. The second-order valence-corrected chi connectivity index (χ2v) is 13.5. The van der Waals surface area contributed by atoms with Gasteiger partial charge in [-0.2, -0.15) is 0 Å². The Balaban J connectivity index is 4.00. The van der Waals surface area contributed by atoms with Crippen LogP contribution in [0.25, 0.3) is 0 Å². The molecule has 0 saturated heterocycles. The van der Waals surface area contributed by atoms with Crippen LogP contribution in [-0.2, 0) is 4.74 Å². The number of rotatable bonds is 36. The zero-order chi connectivity index (χ0) is 31.6. The highest BCUT2D eigenvalue weighted by molar-refractivity contribution is 4.76. The maximum atomic E-state index is 10.4. The van der Waals surface area contributed by atoms with Crippen LogP contribution in [0.1, 0.15) is 206 Å². The molecule has 43 heavy (non-hydrogen) atoms. The summed E-state index contributed by atoms with van der Waals surface area (Å²) in [6.07, 6.45) is 34.8. The summed E-state index contributed by atoms with van der Waals surface area (Å²) < 4.78 is 6.16. The van der Waals surface area contributed by atoms with Crippen LogP contribution in [0, 0.1) is 0 Å². The normalized spacial score (nSPS) is 14.7. The van der Waals surface area contributed by atoms with E-state index in [-0.39, 0.29) is 13.2 Å². The van der Waals surface area contributed by atoms with E-state index < -0.39 is 24.4 Å². The molecule has 260 valence electrons. The molecule has 4 N–H and O–H groups in total. The average molecular weight is 615 g/mol. The predicted molar refractivity (Wildman–Crippen MR) is 185 cm³/mol. The maximum Gasteiger partial charge on any atom is 0.103 e. The minimum atomic E-state index is -0.952. The number of ether oxygens (including phenoxy) is 1. The molecule has 0 saturated carbocycles. The minimum absolute atomic E-state index is 0.343. The molecule has 4 unspecified atom stereocenters. The van der Waals surface area contributed by atoms with Crippen molar-refractivity contribution in [1.82, 2.24) is 0 Å². The van der Waals surface area contributed by atoms with E-state index in [9.17, 15) is 20.4 Å². The molecule has 4 atom stereocenters. The Bertz CT molecular complexity index is 473. The molecule has 0 spiro atoms. The molecule has 0 aliphatic rings. The van der Waals surface area contributed by atoms with Crippen molar-refractivity contribution in [2.24, 2.45) is 0 Å². The van der Waals surface area contributed by atoms with Crippen LogP contribution in [0.5, 0.6) is 0 Å². The van der Waals surface area contributed by atoms with Crippen LogP contribution in [0.4, 0.5) is 0 Å². The van der Waals surface area contributed by atoms with E-state index in [4.69, 9.17) is 4.74 Å². The average Bonchev–Trinajstić information content (AvgIpc) is 3.02. The van der Waals surface area contributed by atoms with Gasteiger partial charge in [0.15, 0.2) is 0 Å². The van der Waals surface area contributed by atoms with Crippen LogP contribution in [0.15, 0.2) is 0 Å². The molecule has 0 heterocycles. The highest BCUT2D eigenvalue weighted by Gasteiger charge is 2.27. The summed E-state index contributed by atoms with van der Waals surface area (Å²) in [6, 6.07) is 0. The van der Waals surface area contributed by atoms with Gasteiger partial charge in [0.1, 0.15) is 12.2 Å². The fourth-order valence-electron chi connectivity index (χ4n) is 6.24. The van der Waals surface area contributed by atoms with Crippen LogP contribution >= 0.6 is 0 Å². The van der Waals surface area contributed by atoms with Gasteiger partial charge < -0.3 is 25.2 Å². The number of unbranched alkanes of at least 4 members (excludes halogenated alkanes) is 26. The number of hydrogen-bond donors (Lipinski definition) is 4. The van der Waals surface area contributed by atoms with Gasteiger partial charge in [0.2, 0.25) is 0 Å². The quantitative estimate of drug-likeness (QED) is 0.0527. The zero-order valence-electron chi connectivity index (χ0n) is 29.1. The maximum absolute atomic E-state index is 10.4. The molecule has 0 aromatic rings. The van der Waals surface area contributed by atoms with Crippen LogP contribution in [0.3, 0.4) is 0 Å². The number of aliphatic hydroxyl groups is 4. The highest BCUT2D eigenvalue weighted by atomic mass is 16.5. The Hall–Kier alpha value is -0.200. The van der Waals surface area contributed by atoms with E-state index in [2.05, 4.69) is 13.8 Å². The van der Waals surface area contributed by atoms with Gasteiger partial charge in [0, 0.05) is 0 Å². The molecule has 0 bridgehead atoms. The molecule has 0 radical (unpaired) electrons. The fourth-order valence-corrected chi connectivity index (χ4v) is 6.24. The predicted octanol–water partition coefficient (Wildman–Crippen LogP) is 10.2. The summed E-state index contributed by atoms with van der Waals surface area (Å²) >= 11 is 0. The van der Waals surface area contributed by atoms with Crippen LogP contribution < -0.4 is 0 Å². The van der Waals surface area contributed by atoms with Crippen molar-refractivity contribution >= 4 is 0 Å². The van der Waals surface area contributed by atoms with Gasteiger partial charge in [-0.25, -0.2) is 0 Å². The number of aliphatic hydroxyl groups excluding tert-OH is 4. The Morgan fingerprint density at radius 2 is 0.558 bits per heavy atom. The van der Waals surface area contributed by atoms with Gasteiger partial charge in [-0.3, -0.25) is 0 Å². The summed E-state index contributed by atoms with van der Waals surface area (Å²) in [7, 11) is 0. The molecule has 0 amide bonds. The second-order valence-electron chi connectivity index (χ2n) is 13.5. The Kier molecular flexibility index (Phi) is 34.5. The first-order valence-corrected chi connectivity index (χ1v) is 19.3. The molecule has 5 heteroatoms. The van der Waals surface area contributed by atoms with Gasteiger partial charge in [-0.1, -0.05) is 194 Å². The fraction of sp³-hybridized carbons (Fsp3) is 1.00. The van der Waals surface area contributed by atoms with E-state index in [1.807, 2.05) is 0 Å². The third-order valence-corrected chi connectivity index (χ3v) is 9.27. The van der Waals surface area contributed by atoms with Crippen molar-refractivity contribution in [3.05, 3.63) is 0 Å². The Labute approximate surface area is 269 Å². The first-order chi connectivity index (χ1) is 21.1. The van der Waals surface area contributed by atoms with Crippen molar-refractivity contribution in [3.63, 3.8) is 0 Å². The van der Waals surface area contributed by atoms with Gasteiger partial charge >= 0.3 is 0 Å². The third-order valence-electron chi connectivity index (χ3n) is 9.27. The summed E-state index contributed by atoms with van der Waals surface area (Å²) in [5, 5.41) is 40.0. The molecule has 0 aromatic heterocycles. The van der Waals surface area contributed by atoms with Crippen molar-refractivity contribution in [3.8, 4) is 0 Å². The number of hydrogen-bond acceptors (Lipinski definition) is 5. The van der Waals surface area contributed by atoms with Crippen LogP contribution in [0.2, 0.25) is 0 Å². The van der Waals surface area contributed by atoms with Crippen molar-refractivity contribution in [2.45, 2.75) is 231 Å². The van der Waals surface area contributed by atoms with E-state index in [0.29, 0.717) is 12.8 Å². The van der Waals surface area contributed by atoms with E-state index in [1.165, 1.54) is 154 Å². The summed E-state index contributed by atoms with van der Waals surface area (Å²) in [4.78, 5) is 0. The Morgan fingerprint density at radius 3 is 0.767 bits per heavy atom. The second kappa shape index (κ2) is 34.7. The SMILES string of the molecule is CCCCCCCCCCCCCCCCC(OC(CCCCCCCCCCCCCCCC)C(O)CO)C(O)CO. The molecule has 0 aromatic carbocycles. The molecular weight excluding hydrogens is 536 g/mol. The summed E-state index contributed by atoms with van der Waals surface area (Å²) in [5.74, 6) is 0. The Morgan fingerprint density at radius 1 is 0.349 bits per heavy atom. The van der Waals surface area contributed by atoms with Crippen molar-refractivity contribution in [1.29, 1.82) is 0 Å². The first-order valence-electron chi connectivity index (χ1n) is 19.3. The first kappa shape index (κ1) is 42.8. The van der Waals surface area contributed by atoms with Gasteiger partial charge in [-0.15, -0.1) is 0 Å². The lowest BCUT2D eigenvalue weighted by atomic mass is 10.0. The minimum Gasteiger partial charge on any atom is -0.394 e. The standard InChI is InChI=1S/C38H78O5/c1-3-5-7-9-11-13-15-17-19-21-23-25-27-29-31-37(35(41)33-39)43-38(36(42)34-40)32-30-28-26-24-22-20-18-16-14-12-10-8-6-4-2/h35-42H,3-34H2,1-2H3. The van der Waals surface area contributed by atoms with Crippen molar-refractivity contribution in [2.75, 3.05) is 13.2 Å². The van der Waals surface area contributed by atoms with Gasteiger partial charge in [0.05, 0.1) is 25.4 Å². The zero-order valence-corrected chi connectivity index (χ0v) is 29.1. The summed E-state index contributed by atoms with van der Waals surface area (Å²) in [5.41, 5.74) is 0.